The van der Waals surface area contributed by atoms with Gasteiger partial charge in [0.05, 0.1) is 6.61 Å². The Morgan fingerprint density at radius 3 is 2.64 bits per heavy atom. The molecule has 0 rings (SSSR count). The second kappa shape index (κ2) is 7.15. The highest BCUT2D eigenvalue weighted by Gasteiger charge is 2.00. The first-order valence-corrected chi connectivity index (χ1v) is 4.43. The highest BCUT2D eigenvalue weighted by molar-refractivity contribution is 5.81. The van der Waals surface area contributed by atoms with Crippen molar-refractivity contribution in [3.8, 4) is 0 Å². The number of allylic oxidation sites excluding steroid dienone is 1. The molecule has 4 heteroatoms. The maximum Gasteiger partial charge on any atom is 0.0635 e. The number of nitrogens with zero attached hydrogens (tertiary/aromatic N) is 1. The summed E-state index contributed by atoms with van der Waals surface area (Å²) in [5.74, 6) is 0. The average molecular weight is 197 g/mol. The molecular formula is C10H19N3O. The lowest BCUT2D eigenvalue weighted by molar-refractivity contribution is 0.202. The van der Waals surface area contributed by atoms with E-state index in [2.05, 4.69) is 11.9 Å². The van der Waals surface area contributed by atoms with Crippen LogP contribution in [0, 0.1) is 5.41 Å². The molecule has 0 amide bonds. The topological polar surface area (TPSA) is 48.4 Å². The van der Waals surface area contributed by atoms with Gasteiger partial charge < -0.3 is 20.4 Å². The summed E-state index contributed by atoms with van der Waals surface area (Å²) in [7, 11) is 5.45. The van der Waals surface area contributed by atoms with E-state index in [0.29, 0.717) is 6.61 Å². The van der Waals surface area contributed by atoms with E-state index in [4.69, 9.17) is 10.1 Å². The Morgan fingerprint density at radius 1 is 1.57 bits per heavy atom. The maximum atomic E-state index is 7.21. The Labute approximate surface area is 85.8 Å². The number of methoxy groups -OCH3 is 1. The molecule has 0 fully saturated rings. The van der Waals surface area contributed by atoms with Crippen molar-refractivity contribution in [2.75, 3.05) is 34.4 Å². The van der Waals surface area contributed by atoms with E-state index in [1.165, 1.54) is 6.21 Å². The normalized spacial score (nSPS) is 10.9. The molecule has 0 heterocycles. The van der Waals surface area contributed by atoms with Crippen LogP contribution in [-0.2, 0) is 4.74 Å². The first-order valence-electron chi connectivity index (χ1n) is 4.43. The molecule has 0 aromatic carbocycles. The number of hydrogen-bond donors (Lipinski definition) is 2. The van der Waals surface area contributed by atoms with E-state index in [0.717, 1.165) is 17.8 Å². The van der Waals surface area contributed by atoms with Crippen molar-refractivity contribution in [1.82, 2.24) is 10.2 Å². The molecule has 0 saturated heterocycles. The molecule has 0 spiro atoms. The van der Waals surface area contributed by atoms with Gasteiger partial charge in [0.2, 0.25) is 0 Å². The summed E-state index contributed by atoms with van der Waals surface area (Å²) in [6.07, 6.45) is 3.05. The smallest absolute Gasteiger partial charge is 0.0635 e. The van der Waals surface area contributed by atoms with Crippen molar-refractivity contribution in [3.05, 3.63) is 24.0 Å². The highest BCUT2D eigenvalue weighted by atomic mass is 16.5. The lowest BCUT2D eigenvalue weighted by atomic mass is 10.2. The number of rotatable bonds is 7. The van der Waals surface area contributed by atoms with E-state index in [-0.39, 0.29) is 0 Å². The van der Waals surface area contributed by atoms with Crippen LogP contribution in [0.5, 0.6) is 0 Å². The van der Waals surface area contributed by atoms with E-state index in [1.807, 2.05) is 19.0 Å². The molecule has 0 bridgehead atoms. The number of likely N-dealkylation sites (N-methyl/N-ethyl adjacent to an activating group) is 1. The quantitative estimate of drug-likeness (QED) is 0.361. The maximum absolute atomic E-state index is 7.21. The number of ether oxygens (including phenoxy) is 1. The molecule has 4 nitrogen and oxygen atoms in total. The highest BCUT2D eigenvalue weighted by Crippen LogP contribution is 2.05. The molecule has 0 aliphatic carbocycles. The minimum absolute atomic E-state index is 0.649. The zero-order valence-electron chi connectivity index (χ0n) is 9.13. The minimum Gasteiger partial charge on any atom is -0.388 e. The first kappa shape index (κ1) is 12.7. The summed E-state index contributed by atoms with van der Waals surface area (Å²) in [6.45, 7) is 5.24. The van der Waals surface area contributed by atoms with Crippen molar-refractivity contribution in [2.45, 2.75) is 0 Å². The predicted octanol–water partition coefficient (Wildman–Crippen LogP) is 0.831. The second-order valence-corrected chi connectivity index (χ2v) is 3.03. The van der Waals surface area contributed by atoms with Gasteiger partial charge in [0.15, 0.2) is 0 Å². The summed E-state index contributed by atoms with van der Waals surface area (Å²) in [4.78, 5) is 1.87. The van der Waals surface area contributed by atoms with Crippen molar-refractivity contribution >= 4 is 6.21 Å². The molecule has 0 aromatic heterocycles. The Kier molecular flexibility index (Phi) is 6.49. The molecule has 0 aliphatic heterocycles. The molecule has 80 valence electrons. The van der Waals surface area contributed by atoms with Gasteiger partial charge in [0.1, 0.15) is 0 Å². The second-order valence-electron chi connectivity index (χ2n) is 3.03. The summed E-state index contributed by atoms with van der Waals surface area (Å²) in [5, 5.41) is 10.3. The van der Waals surface area contributed by atoms with Crippen molar-refractivity contribution in [1.29, 1.82) is 5.41 Å². The van der Waals surface area contributed by atoms with Crippen LogP contribution in [0.1, 0.15) is 0 Å². The van der Waals surface area contributed by atoms with Gasteiger partial charge in [-0.2, -0.15) is 0 Å². The predicted molar refractivity (Wildman–Crippen MR) is 59.6 cm³/mol. The molecule has 0 unspecified atom stereocenters. The monoisotopic (exact) mass is 197 g/mol. The zero-order valence-corrected chi connectivity index (χ0v) is 9.13. The first-order chi connectivity index (χ1) is 6.63. The Hall–Kier alpha value is -1.29. The molecule has 0 radical (unpaired) electrons. The third kappa shape index (κ3) is 4.67. The number of hydrogen-bond acceptors (Lipinski definition) is 4. The summed E-state index contributed by atoms with van der Waals surface area (Å²) in [6, 6.07) is 0. The molecule has 0 saturated carbocycles. The van der Waals surface area contributed by atoms with Crippen LogP contribution in [0.3, 0.4) is 0 Å². The standard InChI is InChI=1S/C10H19N3O/c1-9(13(2)3)10(7-11)8-12-5-6-14-4/h7-8,11-12H,1,5-6H2,2-4H3/b10-8+,11-7?. The van der Waals surface area contributed by atoms with Gasteiger partial charge in [-0.15, -0.1) is 0 Å². The van der Waals surface area contributed by atoms with Crippen LogP contribution < -0.4 is 5.32 Å². The lowest BCUT2D eigenvalue weighted by Gasteiger charge is -2.16. The minimum atomic E-state index is 0.649. The molecule has 14 heavy (non-hydrogen) atoms. The zero-order chi connectivity index (χ0) is 11.0. The summed E-state index contributed by atoms with van der Waals surface area (Å²) < 4.78 is 4.88. The van der Waals surface area contributed by atoms with E-state index >= 15 is 0 Å². The largest absolute Gasteiger partial charge is 0.388 e. The molecule has 0 aromatic rings. The van der Waals surface area contributed by atoms with Gasteiger partial charge in [0.25, 0.3) is 0 Å². The third-order valence-electron chi connectivity index (χ3n) is 1.74. The number of nitrogens with one attached hydrogen (secondary N) is 2. The fraction of sp³-hybridized carbons (Fsp3) is 0.500. The van der Waals surface area contributed by atoms with Gasteiger partial charge in [-0.1, -0.05) is 6.58 Å². The van der Waals surface area contributed by atoms with Gasteiger partial charge in [0, 0.05) is 51.4 Å². The Bertz CT molecular complexity index is 221. The Balaban J connectivity index is 4.12. The van der Waals surface area contributed by atoms with Gasteiger partial charge in [-0.3, -0.25) is 0 Å². The van der Waals surface area contributed by atoms with Gasteiger partial charge in [-0.05, 0) is 0 Å². The van der Waals surface area contributed by atoms with Crippen LogP contribution in [0.2, 0.25) is 0 Å². The third-order valence-corrected chi connectivity index (χ3v) is 1.74. The summed E-state index contributed by atoms with van der Waals surface area (Å²) in [5.41, 5.74) is 1.58. The van der Waals surface area contributed by atoms with Crippen LogP contribution in [-0.4, -0.2) is 45.5 Å². The molecule has 0 atom stereocenters. The van der Waals surface area contributed by atoms with Gasteiger partial charge in [-0.25, -0.2) is 0 Å². The summed E-state index contributed by atoms with van der Waals surface area (Å²) >= 11 is 0. The molecule has 0 aliphatic rings. The lowest BCUT2D eigenvalue weighted by Crippen LogP contribution is -2.17. The average Bonchev–Trinajstić information content (AvgIpc) is 2.17. The van der Waals surface area contributed by atoms with Crippen molar-refractivity contribution in [3.63, 3.8) is 0 Å². The molecular weight excluding hydrogens is 178 g/mol. The fourth-order valence-electron chi connectivity index (χ4n) is 0.810. The molecule has 2 N–H and O–H groups in total. The van der Waals surface area contributed by atoms with E-state index < -0.39 is 0 Å². The van der Waals surface area contributed by atoms with Gasteiger partial charge >= 0.3 is 0 Å². The van der Waals surface area contributed by atoms with E-state index in [1.54, 1.807) is 13.3 Å². The van der Waals surface area contributed by atoms with Crippen LogP contribution >= 0.6 is 0 Å². The van der Waals surface area contributed by atoms with Crippen LogP contribution in [0.15, 0.2) is 24.0 Å². The van der Waals surface area contributed by atoms with Crippen LogP contribution in [0.4, 0.5) is 0 Å². The van der Waals surface area contributed by atoms with Crippen LogP contribution in [0.25, 0.3) is 0 Å². The SMILES string of the molecule is C=C(/C(C=N)=C/NCCOC)N(C)C. The fourth-order valence-corrected chi connectivity index (χ4v) is 0.810. The Morgan fingerprint density at radius 2 is 2.21 bits per heavy atom. The van der Waals surface area contributed by atoms with Crippen molar-refractivity contribution < 1.29 is 4.74 Å². The van der Waals surface area contributed by atoms with Crippen molar-refractivity contribution in [2.24, 2.45) is 0 Å². The van der Waals surface area contributed by atoms with E-state index in [9.17, 15) is 0 Å².